The molecule has 1 aliphatic carbocycles. The maximum atomic E-state index is 13.5. The Bertz CT molecular complexity index is 422. The largest absolute Gasteiger partial charge is 0.497 e. The van der Waals surface area contributed by atoms with E-state index in [4.69, 9.17) is 4.74 Å². The lowest BCUT2D eigenvalue weighted by Crippen LogP contribution is -2.50. The molecule has 0 amide bonds. The molecule has 0 aromatic heterocycles. The van der Waals surface area contributed by atoms with E-state index in [2.05, 4.69) is 5.32 Å². The van der Waals surface area contributed by atoms with Crippen LogP contribution in [0.15, 0.2) is 18.2 Å². The van der Waals surface area contributed by atoms with Crippen LogP contribution in [0.4, 0.5) is 8.78 Å². The topological polar surface area (TPSA) is 21.3 Å². The highest BCUT2D eigenvalue weighted by Gasteiger charge is 2.43. The number of rotatable bonds is 4. The number of benzene rings is 1. The lowest BCUT2D eigenvalue weighted by Gasteiger charge is -2.39. The molecule has 1 aliphatic rings. The molecule has 0 saturated heterocycles. The molecule has 4 heteroatoms. The maximum absolute atomic E-state index is 13.5. The Morgan fingerprint density at radius 1 is 1.44 bits per heavy atom. The average Bonchev–Trinajstić information content (AvgIpc) is 2.38. The zero-order valence-corrected chi connectivity index (χ0v) is 10.8. The molecule has 18 heavy (non-hydrogen) atoms. The SMILES string of the molecule is CCNC1(C(F)F)CCCc2cc(OC)ccc21. The van der Waals surface area contributed by atoms with E-state index in [0.717, 1.165) is 29.7 Å². The molecule has 1 N–H and O–H groups in total. The first-order chi connectivity index (χ1) is 8.64. The zero-order chi connectivity index (χ0) is 13.2. The average molecular weight is 255 g/mol. The van der Waals surface area contributed by atoms with Gasteiger partial charge < -0.3 is 10.1 Å². The van der Waals surface area contributed by atoms with Gasteiger partial charge in [-0.3, -0.25) is 0 Å². The van der Waals surface area contributed by atoms with Crippen molar-refractivity contribution < 1.29 is 13.5 Å². The molecule has 0 heterocycles. The smallest absolute Gasteiger partial charge is 0.260 e. The lowest BCUT2D eigenvalue weighted by atomic mass is 9.76. The van der Waals surface area contributed by atoms with Gasteiger partial charge in [0.15, 0.2) is 0 Å². The first kappa shape index (κ1) is 13.3. The zero-order valence-electron chi connectivity index (χ0n) is 10.8. The molecule has 0 bridgehead atoms. The van der Waals surface area contributed by atoms with E-state index >= 15 is 0 Å². The summed E-state index contributed by atoms with van der Waals surface area (Å²) in [5.74, 6) is 0.732. The third kappa shape index (κ3) is 2.09. The summed E-state index contributed by atoms with van der Waals surface area (Å²) in [5, 5.41) is 3.00. The number of hydrogen-bond donors (Lipinski definition) is 1. The van der Waals surface area contributed by atoms with Crippen molar-refractivity contribution in [2.45, 2.75) is 38.2 Å². The molecule has 1 aromatic carbocycles. The lowest BCUT2D eigenvalue weighted by molar-refractivity contribution is 0.0171. The minimum Gasteiger partial charge on any atom is -0.497 e. The van der Waals surface area contributed by atoms with Crippen molar-refractivity contribution >= 4 is 0 Å². The van der Waals surface area contributed by atoms with Gasteiger partial charge in [0, 0.05) is 0 Å². The molecule has 0 aliphatic heterocycles. The van der Waals surface area contributed by atoms with Gasteiger partial charge in [0.25, 0.3) is 6.43 Å². The first-order valence-corrected chi connectivity index (χ1v) is 6.34. The standard InChI is InChI=1S/C14H19F2NO/c1-3-17-14(13(15)16)8-4-5-10-9-11(18-2)6-7-12(10)14/h6-7,9,13,17H,3-5,8H2,1-2H3. The number of aryl methyl sites for hydroxylation is 1. The van der Waals surface area contributed by atoms with Gasteiger partial charge in [-0.2, -0.15) is 0 Å². The van der Waals surface area contributed by atoms with Crippen LogP contribution in [-0.4, -0.2) is 20.1 Å². The van der Waals surface area contributed by atoms with E-state index in [1.165, 1.54) is 0 Å². The summed E-state index contributed by atoms with van der Waals surface area (Å²) in [6, 6.07) is 5.42. The molecular weight excluding hydrogens is 236 g/mol. The van der Waals surface area contributed by atoms with Crippen LogP contribution in [0.1, 0.15) is 30.9 Å². The second-order valence-corrected chi connectivity index (χ2v) is 4.68. The van der Waals surface area contributed by atoms with Gasteiger partial charge >= 0.3 is 0 Å². The fourth-order valence-corrected chi connectivity index (χ4v) is 2.83. The molecule has 2 rings (SSSR count). The van der Waals surface area contributed by atoms with Gasteiger partial charge in [-0.25, -0.2) is 8.78 Å². The third-order valence-corrected chi connectivity index (χ3v) is 3.68. The molecule has 0 radical (unpaired) electrons. The molecule has 0 spiro atoms. The molecule has 2 nitrogen and oxygen atoms in total. The number of fused-ring (bicyclic) bond motifs is 1. The highest BCUT2D eigenvalue weighted by Crippen LogP contribution is 2.40. The van der Waals surface area contributed by atoms with Crippen LogP contribution in [0.2, 0.25) is 0 Å². The Morgan fingerprint density at radius 2 is 2.22 bits per heavy atom. The van der Waals surface area contributed by atoms with Crippen molar-refractivity contribution in [1.82, 2.24) is 5.32 Å². The Balaban J connectivity index is 2.48. The molecular formula is C14H19F2NO. The molecule has 100 valence electrons. The second-order valence-electron chi connectivity index (χ2n) is 4.68. The Kier molecular flexibility index (Phi) is 3.85. The summed E-state index contributed by atoms with van der Waals surface area (Å²) >= 11 is 0. The number of halogens is 2. The molecule has 1 aromatic rings. The number of hydrogen-bond acceptors (Lipinski definition) is 2. The molecule has 1 unspecified atom stereocenters. The molecule has 0 fully saturated rings. The van der Waals surface area contributed by atoms with Gasteiger partial charge in [0.05, 0.1) is 7.11 Å². The van der Waals surface area contributed by atoms with E-state index in [9.17, 15) is 8.78 Å². The summed E-state index contributed by atoms with van der Waals surface area (Å²) in [5.41, 5.74) is 0.516. The van der Waals surface area contributed by atoms with E-state index in [-0.39, 0.29) is 0 Å². The van der Waals surface area contributed by atoms with Crippen LogP contribution in [-0.2, 0) is 12.0 Å². The van der Waals surface area contributed by atoms with E-state index in [1.807, 2.05) is 13.0 Å². The van der Waals surface area contributed by atoms with Crippen molar-refractivity contribution in [2.75, 3.05) is 13.7 Å². The van der Waals surface area contributed by atoms with Crippen LogP contribution < -0.4 is 10.1 Å². The van der Waals surface area contributed by atoms with Crippen LogP contribution in [0.5, 0.6) is 5.75 Å². The van der Waals surface area contributed by atoms with E-state index in [1.54, 1.807) is 19.2 Å². The van der Waals surface area contributed by atoms with E-state index < -0.39 is 12.0 Å². The van der Waals surface area contributed by atoms with Crippen molar-refractivity contribution in [1.29, 1.82) is 0 Å². The van der Waals surface area contributed by atoms with Crippen LogP contribution in [0.25, 0.3) is 0 Å². The minimum absolute atomic E-state index is 0.484. The van der Waals surface area contributed by atoms with Gasteiger partial charge in [-0.15, -0.1) is 0 Å². The van der Waals surface area contributed by atoms with Crippen molar-refractivity contribution in [3.8, 4) is 5.75 Å². The van der Waals surface area contributed by atoms with Crippen LogP contribution >= 0.6 is 0 Å². The highest BCUT2D eigenvalue weighted by molar-refractivity contribution is 5.42. The van der Waals surface area contributed by atoms with Crippen molar-refractivity contribution in [3.63, 3.8) is 0 Å². The predicted octanol–water partition coefficient (Wildman–Crippen LogP) is 3.10. The van der Waals surface area contributed by atoms with Crippen molar-refractivity contribution in [2.24, 2.45) is 0 Å². The summed E-state index contributed by atoms with van der Waals surface area (Å²) < 4.78 is 32.2. The fourth-order valence-electron chi connectivity index (χ4n) is 2.83. The number of alkyl halides is 2. The molecule has 1 atom stereocenters. The first-order valence-electron chi connectivity index (χ1n) is 6.34. The van der Waals surface area contributed by atoms with Gasteiger partial charge in [0.1, 0.15) is 11.3 Å². The Hall–Kier alpha value is -1.16. The third-order valence-electron chi connectivity index (χ3n) is 3.68. The Labute approximate surface area is 106 Å². The quantitative estimate of drug-likeness (QED) is 0.892. The number of methoxy groups -OCH3 is 1. The van der Waals surface area contributed by atoms with Crippen LogP contribution in [0, 0.1) is 0 Å². The summed E-state index contributed by atoms with van der Waals surface area (Å²) in [4.78, 5) is 0. The number of nitrogens with one attached hydrogen (secondary N) is 1. The van der Waals surface area contributed by atoms with Gasteiger partial charge in [-0.05, 0) is 49.1 Å². The highest BCUT2D eigenvalue weighted by atomic mass is 19.3. The predicted molar refractivity (Wildman–Crippen MR) is 67.3 cm³/mol. The number of ether oxygens (including phenoxy) is 1. The second kappa shape index (κ2) is 5.22. The van der Waals surface area contributed by atoms with Gasteiger partial charge in [-0.1, -0.05) is 13.0 Å². The summed E-state index contributed by atoms with van der Waals surface area (Å²) in [6.07, 6.45) is -0.299. The fraction of sp³-hybridized carbons (Fsp3) is 0.571. The van der Waals surface area contributed by atoms with E-state index in [0.29, 0.717) is 13.0 Å². The maximum Gasteiger partial charge on any atom is 0.260 e. The molecule has 0 saturated carbocycles. The minimum atomic E-state index is -2.40. The Morgan fingerprint density at radius 3 is 2.83 bits per heavy atom. The van der Waals surface area contributed by atoms with Gasteiger partial charge in [0.2, 0.25) is 0 Å². The summed E-state index contributed by atoms with van der Waals surface area (Å²) in [7, 11) is 1.59. The monoisotopic (exact) mass is 255 g/mol. The van der Waals surface area contributed by atoms with Crippen LogP contribution in [0.3, 0.4) is 0 Å². The van der Waals surface area contributed by atoms with Crippen molar-refractivity contribution in [3.05, 3.63) is 29.3 Å². The normalized spacial score (nSPS) is 22.9. The summed E-state index contributed by atoms with van der Waals surface area (Å²) in [6.45, 7) is 2.40.